The number of allylic oxidation sites excluding steroid dienone is 3. The number of benzene rings is 1. The van der Waals surface area contributed by atoms with E-state index in [-0.39, 0.29) is 11.2 Å². The highest BCUT2D eigenvalue weighted by Gasteiger charge is 2.44. The van der Waals surface area contributed by atoms with Crippen LogP contribution in [0.5, 0.6) is 0 Å². The van der Waals surface area contributed by atoms with Crippen LogP contribution in [-0.4, -0.2) is 30.9 Å². The summed E-state index contributed by atoms with van der Waals surface area (Å²) < 4.78 is 5.26. The summed E-state index contributed by atoms with van der Waals surface area (Å²) in [5.74, 6) is 0.560. The summed E-state index contributed by atoms with van der Waals surface area (Å²) >= 11 is 0. The lowest BCUT2D eigenvalue weighted by atomic mass is 9.68. The van der Waals surface area contributed by atoms with Crippen molar-refractivity contribution in [1.29, 1.82) is 5.26 Å². The molecule has 1 aliphatic heterocycles. The van der Waals surface area contributed by atoms with Gasteiger partial charge in [0.1, 0.15) is 5.82 Å². The van der Waals surface area contributed by atoms with Gasteiger partial charge in [0.15, 0.2) is 5.78 Å². The summed E-state index contributed by atoms with van der Waals surface area (Å²) in [7, 11) is 1.64. The van der Waals surface area contributed by atoms with E-state index in [0.717, 1.165) is 23.3 Å². The van der Waals surface area contributed by atoms with E-state index < -0.39 is 5.92 Å². The molecule has 1 aliphatic carbocycles. The average Bonchev–Trinajstić information content (AvgIpc) is 2.66. The molecule has 29 heavy (non-hydrogen) atoms. The Bertz CT molecular complexity index is 901. The summed E-state index contributed by atoms with van der Waals surface area (Å²) in [6.45, 7) is 9.50. The van der Waals surface area contributed by atoms with Crippen LogP contribution >= 0.6 is 0 Å². The van der Waals surface area contributed by atoms with E-state index in [9.17, 15) is 10.1 Å². The zero-order valence-electron chi connectivity index (χ0n) is 18.1. The molecule has 3 rings (SSSR count). The van der Waals surface area contributed by atoms with Crippen molar-refractivity contribution < 1.29 is 9.53 Å². The van der Waals surface area contributed by atoms with Gasteiger partial charge in [-0.1, -0.05) is 52.0 Å². The summed E-state index contributed by atoms with van der Waals surface area (Å²) in [6.07, 6.45) is 1.22. The van der Waals surface area contributed by atoms with Crippen LogP contribution in [0.2, 0.25) is 0 Å². The van der Waals surface area contributed by atoms with Gasteiger partial charge in [0, 0.05) is 31.3 Å². The molecule has 1 atom stereocenters. The van der Waals surface area contributed by atoms with E-state index in [1.807, 2.05) is 17.0 Å². The molecule has 0 amide bonds. The number of carbonyl (C=O) groups is 1. The van der Waals surface area contributed by atoms with Crippen LogP contribution in [0, 0.1) is 16.7 Å². The quantitative estimate of drug-likeness (QED) is 0.811. The summed E-state index contributed by atoms with van der Waals surface area (Å²) in [6, 6.07) is 10.5. The number of Topliss-reactive ketones (excluding diaryl/α,β-unsaturated/α-hetero) is 1. The van der Waals surface area contributed by atoms with Crippen molar-refractivity contribution in [3.63, 3.8) is 0 Å². The molecule has 0 fully saturated rings. The molecule has 0 radical (unpaired) electrons. The number of nitrogens with zero attached hydrogens (tertiary/aromatic N) is 2. The lowest BCUT2D eigenvalue weighted by Gasteiger charge is -2.43. The molecule has 0 aromatic heterocycles. The molecule has 2 N–H and O–H groups in total. The minimum absolute atomic E-state index is 0.108. The highest BCUT2D eigenvalue weighted by molar-refractivity contribution is 6.00. The molecule has 154 valence electrons. The standard InChI is InChI=1S/C24H31N3O2/c1-15(2)16-6-8-17(9-7-16)21-18(14-25)23(26)27(10-11-29-5)19-12-24(3,4)13-20(28)22(19)21/h6-9,15,21H,10-13,26H2,1-5H3/t21-/m0/s1. The number of hydrogen-bond acceptors (Lipinski definition) is 5. The van der Waals surface area contributed by atoms with Crippen molar-refractivity contribution in [2.75, 3.05) is 20.3 Å². The van der Waals surface area contributed by atoms with Gasteiger partial charge in [-0.2, -0.15) is 5.26 Å². The Balaban J connectivity index is 2.17. The summed E-state index contributed by atoms with van der Waals surface area (Å²) in [5.41, 5.74) is 10.7. The highest BCUT2D eigenvalue weighted by Crippen LogP contribution is 2.48. The molecule has 1 aromatic carbocycles. The van der Waals surface area contributed by atoms with Gasteiger partial charge in [0.05, 0.1) is 24.2 Å². The van der Waals surface area contributed by atoms with Crippen LogP contribution in [0.1, 0.15) is 63.5 Å². The molecule has 1 aromatic rings. The predicted molar refractivity (Wildman–Crippen MR) is 114 cm³/mol. The number of methoxy groups -OCH3 is 1. The van der Waals surface area contributed by atoms with E-state index in [1.54, 1.807) is 7.11 Å². The first-order valence-corrected chi connectivity index (χ1v) is 10.2. The molecule has 5 nitrogen and oxygen atoms in total. The van der Waals surface area contributed by atoms with Gasteiger partial charge in [0.2, 0.25) is 0 Å². The number of carbonyl (C=O) groups excluding carboxylic acids is 1. The van der Waals surface area contributed by atoms with Crippen molar-refractivity contribution in [1.82, 2.24) is 4.90 Å². The first-order valence-electron chi connectivity index (χ1n) is 10.2. The van der Waals surface area contributed by atoms with Crippen molar-refractivity contribution in [2.24, 2.45) is 11.1 Å². The summed E-state index contributed by atoms with van der Waals surface area (Å²) in [5, 5.41) is 9.98. The number of nitrogens with two attached hydrogens (primary N) is 1. The van der Waals surface area contributed by atoms with E-state index in [1.165, 1.54) is 5.56 Å². The number of ether oxygens (including phenoxy) is 1. The third kappa shape index (κ3) is 3.95. The third-order valence-corrected chi connectivity index (χ3v) is 5.94. The van der Waals surface area contributed by atoms with Crippen LogP contribution in [0.25, 0.3) is 0 Å². The summed E-state index contributed by atoms with van der Waals surface area (Å²) in [4.78, 5) is 15.2. The van der Waals surface area contributed by atoms with Gasteiger partial charge in [-0.25, -0.2) is 0 Å². The van der Waals surface area contributed by atoms with Crippen LogP contribution in [0.4, 0.5) is 0 Å². The van der Waals surface area contributed by atoms with Crippen LogP contribution in [-0.2, 0) is 9.53 Å². The van der Waals surface area contributed by atoms with E-state index in [4.69, 9.17) is 10.5 Å². The van der Waals surface area contributed by atoms with Gasteiger partial charge in [-0.3, -0.25) is 4.79 Å². The Morgan fingerprint density at radius 1 is 1.28 bits per heavy atom. The number of hydrogen-bond donors (Lipinski definition) is 1. The molecular formula is C24H31N3O2. The van der Waals surface area contributed by atoms with Gasteiger partial charge in [0.25, 0.3) is 0 Å². The second kappa shape index (κ2) is 8.04. The fourth-order valence-electron chi connectivity index (χ4n) is 4.42. The lowest BCUT2D eigenvalue weighted by molar-refractivity contribution is -0.118. The van der Waals surface area contributed by atoms with Gasteiger partial charge in [-0.15, -0.1) is 0 Å². The van der Waals surface area contributed by atoms with Crippen molar-refractivity contribution in [3.8, 4) is 6.07 Å². The van der Waals surface area contributed by atoms with E-state index >= 15 is 0 Å². The topological polar surface area (TPSA) is 79.3 Å². The monoisotopic (exact) mass is 393 g/mol. The molecule has 5 heteroatoms. The normalized spacial score (nSPS) is 21.5. The van der Waals surface area contributed by atoms with Crippen LogP contribution in [0.3, 0.4) is 0 Å². The van der Waals surface area contributed by atoms with Crippen molar-refractivity contribution in [2.45, 2.75) is 52.4 Å². The predicted octanol–water partition coefficient (Wildman–Crippen LogP) is 4.19. The minimum atomic E-state index is -0.404. The zero-order chi connectivity index (χ0) is 21.3. The molecule has 0 saturated carbocycles. The maximum absolute atomic E-state index is 13.3. The van der Waals surface area contributed by atoms with Gasteiger partial charge < -0.3 is 15.4 Å². The zero-order valence-corrected chi connectivity index (χ0v) is 18.1. The first-order chi connectivity index (χ1) is 13.7. The van der Waals surface area contributed by atoms with Gasteiger partial charge in [-0.05, 0) is 28.9 Å². The minimum Gasteiger partial charge on any atom is -0.384 e. The Kier molecular flexibility index (Phi) is 5.86. The molecule has 0 spiro atoms. The third-order valence-electron chi connectivity index (χ3n) is 5.94. The fraction of sp³-hybridized carbons (Fsp3) is 0.500. The molecule has 2 aliphatic rings. The number of nitriles is 1. The number of rotatable bonds is 5. The Morgan fingerprint density at radius 2 is 1.93 bits per heavy atom. The lowest BCUT2D eigenvalue weighted by Crippen LogP contribution is -2.43. The fourth-order valence-corrected chi connectivity index (χ4v) is 4.42. The van der Waals surface area contributed by atoms with E-state index in [2.05, 4.69) is 45.9 Å². The Hall–Kier alpha value is -2.58. The molecular weight excluding hydrogens is 362 g/mol. The molecule has 0 bridgehead atoms. The Labute approximate surface area is 173 Å². The number of ketones is 1. The molecule has 0 saturated heterocycles. The SMILES string of the molecule is COCCN1C(N)=C(C#N)[C@H](c2ccc(C(C)C)cc2)C2=C1CC(C)(C)CC2=O. The smallest absolute Gasteiger partial charge is 0.162 e. The maximum Gasteiger partial charge on any atom is 0.162 e. The highest BCUT2D eigenvalue weighted by atomic mass is 16.5. The molecule has 0 unspecified atom stereocenters. The first kappa shape index (κ1) is 21.1. The average molecular weight is 394 g/mol. The van der Waals surface area contributed by atoms with E-state index in [0.29, 0.717) is 36.9 Å². The van der Waals surface area contributed by atoms with Crippen LogP contribution in [0.15, 0.2) is 46.9 Å². The Morgan fingerprint density at radius 3 is 2.48 bits per heavy atom. The van der Waals surface area contributed by atoms with Crippen LogP contribution < -0.4 is 5.73 Å². The van der Waals surface area contributed by atoms with Crippen molar-refractivity contribution in [3.05, 3.63) is 58.1 Å². The van der Waals surface area contributed by atoms with Crippen molar-refractivity contribution >= 4 is 5.78 Å². The van der Waals surface area contributed by atoms with Gasteiger partial charge >= 0.3 is 0 Å². The second-order valence-corrected chi connectivity index (χ2v) is 9.11. The largest absolute Gasteiger partial charge is 0.384 e. The molecule has 1 heterocycles. The second-order valence-electron chi connectivity index (χ2n) is 9.11. The maximum atomic E-state index is 13.3.